The second kappa shape index (κ2) is 9.17. The van der Waals surface area contributed by atoms with Crippen LogP contribution in [0.25, 0.3) is 11.0 Å². The van der Waals surface area contributed by atoms with E-state index >= 15 is 0 Å². The number of aryl methyl sites for hydroxylation is 4. The molecule has 0 saturated heterocycles. The number of nitrogens with zero attached hydrogens (tertiary/aromatic N) is 2. The third-order valence-corrected chi connectivity index (χ3v) is 5.81. The summed E-state index contributed by atoms with van der Waals surface area (Å²) in [7, 11) is 0. The van der Waals surface area contributed by atoms with Crippen LogP contribution in [0.15, 0.2) is 66.7 Å². The number of imidazole rings is 1. The molecule has 4 heteroatoms. The molecule has 0 bridgehead atoms. The van der Waals surface area contributed by atoms with E-state index in [0.717, 1.165) is 47.4 Å². The van der Waals surface area contributed by atoms with Gasteiger partial charge in [-0.3, -0.25) is 4.79 Å². The lowest BCUT2D eigenvalue weighted by atomic mass is 10.1. The van der Waals surface area contributed by atoms with Gasteiger partial charge in [0.05, 0.1) is 11.0 Å². The van der Waals surface area contributed by atoms with Crippen LogP contribution in [0.4, 0.5) is 0 Å². The number of para-hydroxylation sites is 2. The van der Waals surface area contributed by atoms with Gasteiger partial charge in [-0.2, -0.15) is 0 Å². The van der Waals surface area contributed by atoms with Gasteiger partial charge >= 0.3 is 0 Å². The highest BCUT2D eigenvalue weighted by Gasteiger charge is 2.13. The number of aromatic nitrogens is 2. The van der Waals surface area contributed by atoms with Crippen molar-refractivity contribution in [2.75, 3.05) is 6.54 Å². The maximum atomic E-state index is 12.5. The molecule has 0 atom stereocenters. The molecule has 1 amide bonds. The molecule has 1 heterocycles. The number of hydrogen-bond acceptors (Lipinski definition) is 2. The molecule has 0 aliphatic rings. The monoisotopic (exact) mass is 411 g/mol. The van der Waals surface area contributed by atoms with Crippen LogP contribution in [0.3, 0.4) is 0 Å². The van der Waals surface area contributed by atoms with Crippen LogP contribution in [-0.2, 0) is 13.0 Å². The van der Waals surface area contributed by atoms with E-state index in [0.29, 0.717) is 6.54 Å². The van der Waals surface area contributed by atoms with Crippen LogP contribution >= 0.6 is 0 Å². The van der Waals surface area contributed by atoms with Crippen molar-refractivity contribution in [1.82, 2.24) is 14.9 Å². The average molecular weight is 412 g/mol. The molecule has 0 saturated carbocycles. The van der Waals surface area contributed by atoms with Crippen LogP contribution < -0.4 is 5.32 Å². The SMILES string of the molecule is Cc1ccc(C(=O)NCCCc2nc3ccccc3n2Cc2ccccc2C)c(C)c1. The number of benzene rings is 3. The van der Waals surface area contributed by atoms with Crippen molar-refractivity contribution in [2.45, 2.75) is 40.2 Å². The Labute approximate surface area is 183 Å². The average Bonchev–Trinajstić information content (AvgIpc) is 3.10. The molecule has 4 nitrogen and oxygen atoms in total. The Morgan fingerprint density at radius 3 is 2.52 bits per heavy atom. The van der Waals surface area contributed by atoms with Gasteiger partial charge < -0.3 is 9.88 Å². The van der Waals surface area contributed by atoms with Crippen molar-refractivity contribution in [3.8, 4) is 0 Å². The van der Waals surface area contributed by atoms with E-state index in [1.54, 1.807) is 0 Å². The Balaban J connectivity index is 1.46. The molecular formula is C27H29N3O. The van der Waals surface area contributed by atoms with Crippen molar-refractivity contribution in [2.24, 2.45) is 0 Å². The lowest BCUT2D eigenvalue weighted by molar-refractivity contribution is 0.0952. The van der Waals surface area contributed by atoms with Gasteiger partial charge in [-0.05, 0) is 62.1 Å². The molecule has 0 aliphatic carbocycles. The summed E-state index contributed by atoms with van der Waals surface area (Å²) in [5.74, 6) is 1.05. The summed E-state index contributed by atoms with van der Waals surface area (Å²) in [6, 6.07) is 22.7. The summed E-state index contributed by atoms with van der Waals surface area (Å²) in [5.41, 5.74) is 7.68. The van der Waals surface area contributed by atoms with Gasteiger partial charge in [0.1, 0.15) is 5.82 Å². The topological polar surface area (TPSA) is 46.9 Å². The zero-order chi connectivity index (χ0) is 21.8. The van der Waals surface area contributed by atoms with E-state index in [-0.39, 0.29) is 5.91 Å². The Hall–Kier alpha value is -3.40. The van der Waals surface area contributed by atoms with E-state index in [2.05, 4.69) is 59.3 Å². The lowest BCUT2D eigenvalue weighted by Crippen LogP contribution is -2.25. The molecule has 158 valence electrons. The molecular weight excluding hydrogens is 382 g/mol. The standard InChI is InChI=1S/C27H29N3O/c1-19-14-15-23(21(3)17-19)27(31)28-16-8-13-26-29-24-11-6-7-12-25(24)30(26)18-22-10-5-4-9-20(22)2/h4-7,9-12,14-15,17H,8,13,16,18H2,1-3H3,(H,28,31). The second-order valence-corrected chi connectivity index (χ2v) is 8.21. The lowest BCUT2D eigenvalue weighted by Gasteiger charge is -2.12. The quantitative estimate of drug-likeness (QED) is 0.416. The van der Waals surface area contributed by atoms with Gasteiger partial charge in [-0.25, -0.2) is 4.98 Å². The first-order valence-corrected chi connectivity index (χ1v) is 10.9. The highest BCUT2D eigenvalue weighted by molar-refractivity contribution is 5.95. The normalized spacial score (nSPS) is 11.1. The van der Waals surface area contributed by atoms with Gasteiger partial charge in [-0.1, -0.05) is 54.1 Å². The molecule has 0 unspecified atom stereocenters. The van der Waals surface area contributed by atoms with Crippen molar-refractivity contribution in [3.63, 3.8) is 0 Å². The molecule has 0 spiro atoms. The highest BCUT2D eigenvalue weighted by atomic mass is 16.1. The van der Waals surface area contributed by atoms with E-state index in [1.165, 1.54) is 16.7 Å². The fraction of sp³-hybridized carbons (Fsp3) is 0.259. The first-order valence-electron chi connectivity index (χ1n) is 10.9. The Kier molecular flexibility index (Phi) is 6.17. The van der Waals surface area contributed by atoms with Crippen LogP contribution in [0.5, 0.6) is 0 Å². The van der Waals surface area contributed by atoms with Crippen molar-refractivity contribution in [1.29, 1.82) is 0 Å². The molecule has 0 aliphatic heterocycles. The first-order chi connectivity index (χ1) is 15.0. The molecule has 31 heavy (non-hydrogen) atoms. The van der Waals surface area contributed by atoms with Crippen molar-refractivity contribution >= 4 is 16.9 Å². The number of nitrogens with one attached hydrogen (secondary N) is 1. The minimum atomic E-state index is -0.00841. The second-order valence-electron chi connectivity index (χ2n) is 8.21. The van der Waals surface area contributed by atoms with Crippen molar-refractivity contribution < 1.29 is 4.79 Å². The number of hydrogen-bond donors (Lipinski definition) is 1. The molecule has 0 radical (unpaired) electrons. The highest BCUT2D eigenvalue weighted by Crippen LogP contribution is 2.20. The zero-order valence-electron chi connectivity index (χ0n) is 18.5. The van der Waals surface area contributed by atoms with Gasteiger partial charge in [0.2, 0.25) is 0 Å². The molecule has 4 aromatic rings. The van der Waals surface area contributed by atoms with E-state index in [1.807, 2.05) is 38.1 Å². The number of amides is 1. The minimum absolute atomic E-state index is 0.00841. The Morgan fingerprint density at radius 1 is 0.935 bits per heavy atom. The summed E-state index contributed by atoms with van der Waals surface area (Å²) >= 11 is 0. The minimum Gasteiger partial charge on any atom is -0.352 e. The molecule has 0 fully saturated rings. The summed E-state index contributed by atoms with van der Waals surface area (Å²) in [6.45, 7) is 7.60. The first kappa shape index (κ1) is 20.9. The van der Waals surface area contributed by atoms with Gasteiger partial charge in [0.15, 0.2) is 0 Å². The fourth-order valence-corrected chi connectivity index (χ4v) is 4.06. The smallest absolute Gasteiger partial charge is 0.251 e. The van der Waals surface area contributed by atoms with E-state index in [4.69, 9.17) is 4.98 Å². The Bertz CT molecular complexity index is 1220. The summed E-state index contributed by atoms with van der Waals surface area (Å²) in [5, 5.41) is 3.07. The summed E-state index contributed by atoms with van der Waals surface area (Å²) in [4.78, 5) is 17.4. The number of rotatable bonds is 7. The largest absolute Gasteiger partial charge is 0.352 e. The number of carbonyl (C=O) groups is 1. The van der Waals surface area contributed by atoms with Crippen LogP contribution in [0.2, 0.25) is 0 Å². The predicted octanol–water partition coefficient (Wildman–Crippen LogP) is 5.37. The maximum Gasteiger partial charge on any atom is 0.251 e. The predicted molar refractivity (Wildman–Crippen MR) is 127 cm³/mol. The van der Waals surface area contributed by atoms with Crippen LogP contribution in [0.1, 0.15) is 44.9 Å². The third kappa shape index (κ3) is 4.69. The van der Waals surface area contributed by atoms with E-state index in [9.17, 15) is 4.79 Å². The maximum absolute atomic E-state index is 12.5. The molecule has 3 aromatic carbocycles. The molecule has 4 rings (SSSR count). The fourth-order valence-electron chi connectivity index (χ4n) is 4.06. The van der Waals surface area contributed by atoms with Gasteiger partial charge in [-0.15, -0.1) is 0 Å². The molecule has 1 N–H and O–H groups in total. The Morgan fingerprint density at radius 2 is 1.71 bits per heavy atom. The summed E-state index contributed by atoms with van der Waals surface area (Å²) < 4.78 is 2.31. The van der Waals surface area contributed by atoms with Crippen molar-refractivity contribution in [3.05, 3.63) is 100 Å². The third-order valence-electron chi connectivity index (χ3n) is 5.81. The zero-order valence-corrected chi connectivity index (χ0v) is 18.5. The van der Waals surface area contributed by atoms with Gasteiger partial charge in [0, 0.05) is 25.1 Å². The van der Waals surface area contributed by atoms with Crippen LogP contribution in [-0.4, -0.2) is 22.0 Å². The molecule has 1 aromatic heterocycles. The number of carbonyl (C=O) groups excluding carboxylic acids is 1. The van der Waals surface area contributed by atoms with Gasteiger partial charge in [0.25, 0.3) is 5.91 Å². The summed E-state index contributed by atoms with van der Waals surface area (Å²) in [6.07, 6.45) is 1.65. The number of fused-ring (bicyclic) bond motifs is 1. The van der Waals surface area contributed by atoms with E-state index < -0.39 is 0 Å². The van der Waals surface area contributed by atoms with Crippen LogP contribution in [0, 0.1) is 20.8 Å².